The monoisotopic (exact) mass is 153 g/mol. The summed E-state index contributed by atoms with van der Waals surface area (Å²) in [4.78, 5) is 11.4. The van der Waals surface area contributed by atoms with Crippen LogP contribution in [0.2, 0.25) is 0 Å². The van der Waals surface area contributed by atoms with E-state index in [4.69, 9.17) is 0 Å². The third kappa shape index (κ3) is 1.32. The zero-order valence-corrected chi connectivity index (χ0v) is 7.13. The summed E-state index contributed by atoms with van der Waals surface area (Å²) in [6.07, 6.45) is 2.67. The molecule has 1 saturated heterocycles. The zero-order chi connectivity index (χ0) is 8.01. The minimum Gasteiger partial charge on any atom is -0.301 e. The molecule has 2 fully saturated rings. The maximum atomic E-state index is 11.4. The molecule has 1 saturated carbocycles. The van der Waals surface area contributed by atoms with Crippen LogP contribution in [-0.2, 0) is 4.79 Å². The molecule has 1 heterocycles. The number of carbonyl (C=O) groups excluding carboxylic acids is 1. The van der Waals surface area contributed by atoms with E-state index in [1.165, 1.54) is 12.8 Å². The average Bonchev–Trinajstić information content (AvgIpc) is 2.79. The SMILES string of the molecule is CC(C)C(=O)[C@H]1N[C@@H]1C1CC1. The standard InChI is InChI=1S/C9H15NO/c1-5(2)9(11)8-7(10-8)6-3-4-6/h5-8,10H,3-4H2,1-2H3/t7-,8+/m1/s1. The highest BCUT2D eigenvalue weighted by Gasteiger charge is 2.50. The van der Waals surface area contributed by atoms with E-state index >= 15 is 0 Å². The average molecular weight is 153 g/mol. The molecule has 2 aliphatic rings. The Morgan fingerprint density at radius 2 is 2.09 bits per heavy atom. The summed E-state index contributed by atoms with van der Waals surface area (Å²) >= 11 is 0. The fourth-order valence-electron chi connectivity index (χ4n) is 1.63. The summed E-state index contributed by atoms with van der Waals surface area (Å²) < 4.78 is 0. The summed E-state index contributed by atoms with van der Waals surface area (Å²) in [6, 6.07) is 0.785. The summed E-state index contributed by atoms with van der Waals surface area (Å²) in [5.74, 6) is 1.45. The summed E-state index contributed by atoms with van der Waals surface area (Å²) in [5.41, 5.74) is 0. The van der Waals surface area contributed by atoms with Gasteiger partial charge in [-0.1, -0.05) is 13.8 Å². The number of ketones is 1. The molecule has 0 unspecified atom stereocenters. The van der Waals surface area contributed by atoms with E-state index in [-0.39, 0.29) is 12.0 Å². The predicted octanol–water partition coefficient (Wildman–Crippen LogP) is 0.962. The van der Waals surface area contributed by atoms with Crippen molar-refractivity contribution in [1.82, 2.24) is 5.32 Å². The number of Topliss-reactive ketones (excluding diaryl/α,β-unsaturated/α-hetero) is 1. The molecule has 11 heavy (non-hydrogen) atoms. The van der Waals surface area contributed by atoms with Crippen LogP contribution in [0.4, 0.5) is 0 Å². The Labute approximate surface area is 67.4 Å². The largest absolute Gasteiger partial charge is 0.301 e. The van der Waals surface area contributed by atoms with Gasteiger partial charge in [-0.25, -0.2) is 0 Å². The third-order valence-electron chi connectivity index (χ3n) is 2.63. The fourth-order valence-corrected chi connectivity index (χ4v) is 1.63. The molecule has 2 atom stereocenters. The lowest BCUT2D eigenvalue weighted by Gasteiger charge is -1.99. The molecule has 0 aromatic carbocycles. The van der Waals surface area contributed by atoms with Gasteiger partial charge in [0.15, 0.2) is 5.78 Å². The van der Waals surface area contributed by atoms with E-state index in [1.807, 2.05) is 13.8 Å². The number of hydrogen-bond donors (Lipinski definition) is 1. The van der Waals surface area contributed by atoms with Gasteiger partial charge in [0, 0.05) is 12.0 Å². The lowest BCUT2D eigenvalue weighted by molar-refractivity contribution is -0.121. The van der Waals surface area contributed by atoms with E-state index in [2.05, 4.69) is 5.32 Å². The third-order valence-corrected chi connectivity index (χ3v) is 2.63. The molecule has 0 amide bonds. The van der Waals surface area contributed by atoms with Crippen molar-refractivity contribution >= 4 is 5.78 Å². The van der Waals surface area contributed by atoms with Crippen molar-refractivity contribution in [3.63, 3.8) is 0 Å². The Morgan fingerprint density at radius 3 is 2.55 bits per heavy atom. The highest BCUT2D eigenvalue weighted by Crippen LogP contribution is 2.40. The van der Waals surface area contributed by atoms with Crippen LogP contribution in [0.3, 0.4) is 0 Å². The van der Waals surface area contributed by atoms with Crippen LogP contribution in [0, 0.1) is 11.8 Å². The van der Waals surface area contributed by atoms with Gasteiger partial charge in [0.1, 0.15) is 0 Å². The van der Waals surface area contributed by atoms with Gasteiger partial charge in [0.2, 0.25) is 0 Å². The van der Waals surface area contributed by atoms with Crippen LogP contribution in [0.25, 0.3) is 0 Å². The minimum absolute atomic E-state index is 0.205. The maximum absolute atomic E-state index is 11.4. The Morgan fingerprint density at radius 1 is 1.45 bits per heavy atom. The second-order valence-electron chi connectivity index (χ2n) is 4.06. The zero-order valence-electron chi connectivity index (χ0n) is 7.13. The number of nitrogens with one attached hydrogen (secondary N) is 1. The van der Waals surface area contributed by atoms with Gasteiger partial charge in [-0.15, -0.1) is 0 Å². The normalized spacial score (nSPS) is 35.9. The number of carbonyl (C=O) groups is 1. The highest BCUT2D eigenvalue weighted by molar-refractivity contribution is 5.89. The first-order chi connectivity index (χ1) is 5.20. The Kier molecular flexibility index (Phi) is 1.53. The molecule has 1 N–H and O–H groups in total. The van der Waals surface area contributed by atoms with Gasteiger partial charge < -0.3 is 5.32 Å². The van der Waals surface area contributed by atoms with Crippen molar-refractivity contribution in [3.05, 3.63) is 0 Å². The molecule has 0 bridgehead atoms. The van der Waals surface area contributed by atoms with Gasteiger partial charge >= 0.3 is 0 Å². The number of rotatable bonds is 3. The second kappa shape index (κ2) is 2.31. The molecule has 0 spiro atoms. The van der Waals surface area contributed by atoms with E-state index in [0.29, 0.717) is 11.8 Å². The van der Waals surface area contributed by atoms with Crippen molar-refractivity contribution < 1.29 is 4.79 Å². The molecule has 1 aliphatic heterocycles. The lowest BCUT2D eigenvalue weighted by atomic mass is 10.0. The molecule has 2 nitrogen and oxygen atoms in total. The fraction of sp³-hybridized carbons (Fsp3) is 0.889. The predicted molar refractivity (Wildman–Crippen MR) is 43.3 cm³/mol. The summed E-state index contributed by atoms with van der Waals surface area (Å²) in [6.45, 7) is 3.96. The first-order valence-electron chi connectivity index (χ1n) is 4.50. The van der Waals surface area contributed by atoms with E-state index in [0.717, 1.165) is 5.92 Å². The minimum atomic E-state index is 0.205. The first kappa shape index (κ1) is 7.29. The quantitative estimate of drug-likeness (QED) is 0.613. The number of hydrogen-bond acceptors (Lipinski definition) is 2. The van der Waals surface area contributed by atoms with Crippen LogP contribution in [0.15, 0.2) is 0 Å². The van der Waals surface area contributed by atoms with Crippen molar-refractivity contribution in [3.8, 4) is 0 Å². The molecule has 2 rings (SSSR count). The van der Waals surface area contributed by atoms with E-state index in [1.54, 1.807) is 0 Å². The Bertz CT molecular complexity index is 184. The van der Waals surface area contributed by atoms with Gasteiger partial charge in [0.25, 0.3) is 0 Å². The molecule has 0 aromatic rings. The van der Waals surface area contributed by atoms with Crippen molar-refractivity contribution in [1.29, 1.82) is 0 Å². The molecule has 1 aliphatic carbocycles. The first-order valence-corrected chi connectivity index (χ1v) is 4.50. The van der Waals surface area contributed by atoms with Crippen LogP contribution in [-0.4, -0.2) is 17.9 Å². The lowest BCUT2D eigenvalue weighted by Crippen LogP contribution is -2.17. The second-order valence-corrected chi connectivity index (χ2v) is 4.06. The highest BCUT2D eigenvalue weighted by atomic mass is 16.1. The van der Waals surface area contributed by atoms with Gasteiger partial charge in [-0.2, -0.15) is 0 Å². The van der Waals surface area contributed by atoms with Crippen molar-refractivity contribution in [2.45, 2.75) is 38.8 Å². The van der Waals surface area contributed by atoms with Gasteiger partial charge in [-0.3, -0.25) is 4.79 Å². The van der Waals surface area contributed by atoms with Crippen molar-refractivity contribution in [2.24, 2.45) is 11.8 Å². The van der Waals surface area contributed by atoms with Crippen LogP contribution >= 0.6 is 0 Å². The Balaban J connectivity index is 1.85. The van der Waals surface area contributed by atoms with Crippen LogP contribution in [0.1, 0.15) is 26.7 Å². The molecular weight excluding hydrogens is 138 g/mol. The molecule has 2 heteroatoms. The maximum Gasteiger partial charge on any atom is 0.153 e. The van der Waals surface area contributed by atoms with E-state index in [9.17, 15) is 4.79 Å². The Hall–Kier alpha value is -0.370. The van der Waals surface area contributed by atoms with Crippen LogP contribution < -0.4 is 5.32 Å². The van der Waals surface area contributed by atoms with Crippen molar-refractivity contribution in [2.75, 3.05) is 0 Å². The topological polar surface area (TPSA) is 39.0 Å². The molecular formula is C9H15NO. The summed E-state index contributed by atoms with van der Waals surface area (Å²) in [7, 11) is 0. The van der Waals surface area contributed by atoms with Gasteiger partial charge in [-0.05, 0) is 18.8 Å². The van der Waals surface area contributed by atoms with Gasteiger partial charge in [0.05, 0.1) is 6.04 Å². The smallest absolute Gasteiger partial charge is 0.153 e. The van der Waals surface area contributed by atoms with Crippen LogP contribution in [0.5, 0.6) is 0 Å². The molecule has 0 aromatic heterocycles. The summed E-state index contributed by atoms with van der Waals surface area (Å²) in [5, 5.41) is 3.26. The van der Waals surface area contributed by atoms with E-state index < -0.39 is 0 Å². The molecule has 62 valence electrons. The molecule has 0 radical (unpaired) electrons.